The molecule has 1 rings (SSSR count). The third-order valence-corrected chi connectivity index (χ3v) is 1.84. The number of nitro groups is 1. The monoisotopic (exact) mass is 193 g/mol. The second-order valence-corrected chi connectivity index (χ2v) is 2.70. The van der Waals surface area contributed by atoms with Gasteiger partial charge in [-0.15, -0.1) is 0 Å². The zero-order chi connectivity index (χ0) is 10.6. The van der Waals surface area contributed by atoms with Gasteiger partial charge in [-0.3, -0.25) is 10.1 Å². The number of hydrogen-bond acceptors (Lipinski definition) is 3. The molecule has 0 aromatic heterocycles. The molecule has 0 heterocycles. The Morgan fingerprint density at radius 2 is 2.36 bits per heavy atom. The van der Waals surface area contributed by atoms with Gasteiger partial charge in [0.05, 0.1) is 11.2 Å². The van der Waals surface area contributed by atoms with E-state index in [1.54, 1.807) is 12.1 Å². The van der Waals surface area contributed by atoms with Crippen LogP contribution in [0, 0.1) is 10.1 Å². The van der Waals surface area contributed by atoms with Crippen LogP contribution in [-0.2, 0) is 6.42 Å². The molecule has 0 saturated carbocycles. The first-order valence-corrected chi connectivity index (χ1v) is 4.24. The topological polar surface area (TPSA) is 52.4 Å². The van der Waals surface area contributed by atoms with E-state index in [2.05, 4.69) is 6.58 Å². The Bertz CT molecular complexity index is 360. The van der Waals surface area contributed by atoms with E-state index in [1.807, 2.05) is 6.92 Å². The van der Waals surface area contributed by atoms with Gasteiger partial charge in [0, 0.05) is 6.07 Å². The minimum absolute atomic E-state index is 0.0238. The van der Waals surface area contributed by atoms with Crippen molar-refractivity contribution in [3.63, 3.8) is 0 Å². The van der Waals surface area contributed by atoms with Gasteiger partial charge in [-0.1, -0.05) is 19.6 Å². The molecule has 0 saturated heterocycles. The zero-order valence-corrected chi connectivity index (χ0v) is 7.90. The van der Waals surface area contributed by atoms with Crippen molar-refractivity contribution >= 4 is 5.69 Å². The summed E-state index contributed by atoms with van der Waals surface area (Å²) < 4.78 is 4.92. The quantitative estimate of drug-likeness (QED) is 0.419. The third kappa shape index (κ3) is 2.10. The maximum atomic E-state index is 10.7. The van der Waals surface area contributed by atoms with Gasteiger partial charge >= 0.3 is 5.69 Å². The minimum Gasteiger partial charge on any atom is -0.458 e. The molecule has 0 radical (unpaired) electrons. The molecule has 0 aliphatic rings. The van der Waals surface area contributed by atoms with Crippen LogP contribution in [0.25, 0.3) is 0 Å². The molecular formula is C10H11NO3. The van der Waals surface area contributed by atoms with Crippen molar-refractivity contribution in [2.24, 2.45) is 0 Å². The molecule has 74 valence electrons. The van der Waals surface area contributed by atoms with E-state index in [0.29, 0.717) is 0 Å². The van der Waals surface area contributed by atoms with Crippen LogP contribution in [-0.4, -0.2) is 4.92 Å². The van der Waals surface area contributed by atoms with Crippen molar-refractivity contribution in [1.82, 2.24) is 0 Å². The van der Waals surface area contributed by atoms with Gasteiger partial charge in [0.2, 0.25) is 5.75 Å². The molecule has 0 aliphatic heterocycles. The highest BCUT2D eigenvalue weighted by Crippen LogP contribution is 2.28. The number of benzene rings is 1. The smallest absolute Gasteiger partial charge is 0.311 e. The zero-order valence-electron chi connectivity index (χ0n) is 7.90. The Balaban J connectivity index is 3.16. The average Bonchev–Trinajstić information content (AvgIpc) is 2.18. The molecule has 0 unspecified atom stereocenters. The predicted octanol–water partition coefficient (Wildman–Crippen LogP) is 2.68. The normalized spacial score (nSPS) is 9.50. The van der Waals surface area contributed by atoms with Crippen LogP contribution < -0.4 is 4.74 Å². The molecule has 14 heavy (non-hydrogen) atoms. The van der Waals surface area contributed by atoms with Crippen molar-refractivity contribution in [3.05, 3.63) is 46.7 Å². The van der Waals surface area contributed by atoms with Crippen molar-refractivity contribution in [3.8, 4) is 5.75 Å². The molecule has 0 atom stereocenters. The first-order valence-electron chi connectivity index (χ1n) is 4.24. The molecule has 0 spiro atoms. The average molecular weight is 193 g/mol. The summed E-state index contributed by atoms with van der Waals surface area (Å²) in [4.78, 5) is 10.2. The van der Waals surface area contributed by atoms with Gasteiger partial charge < -0.3 is 4.74 Å². The van der Waals surface area contributed by atoms with Crippen LogP contribution in [0.4, 0.5) is 5.69 Å². The Morgan fingerprint density at radius 3 is 2.86 bits per heavy atom. The number of ether oxygens (including phenoxy) is 1. The SMILES string of the molecule is C=COc1ccc(CC)cc1[N+](=O)[O-]. The van der Waals surface area contributed by atoms with E-state index in [0.717, 1.165) is 12.0 Å². The summed E-state index contributed by atoms with van der Waals surface area (Å²) in [6.45, 7) is 5.29. The lowest BCUT2D eigenvalue weighted by Gasteiger charge is -2.02. The molecule has 1 aromatic carbocycles. The van der Waals surface area contributed by atoms with Gasteiger partial charge in [0.15, 0.2) is 0 Å². The lowest BCUT2D eigenvalue weighted by atomic mass is 10.1. The van der Waals surface area contributed by atoms with E-state index in [9.17, 15) is 10.1 Å². The second-order valence-electron chi connectivity index (χ2n) is 2.70. The fourth-order valence-electron chi connectivity index (χ4n) is 1.11. The summed E-state index contributed by atoms with van der Waals surface area (Å²) in [6.07, 6.45) is 1.93. The van der Waals surface area contributed by atoms with Crippen molar-refractivity contribution in [2.45, 2.75) is 13.3 Å². The number of hydrogen-bond donors (Lipinski definition) is 0. The Morgan fingerprint density at radius 1 is 1.64 bits per heavy atom. The summed E-state index contributed by atoms with van der Waals surface area (Å²) in [5.74, 6) is 0.224. The minimum atomic E-state index is -0.460. The van der Waals surface area contributed by atoms with Crippen LogP contribution in [0.3, 0.4) is 0 Å². The Kier molecular flexibility index (Phi) is 3.23. The van der Waals surface area contributed by atoms with Gasteiger partial charge in [0.25, 0.3) is 0 Å². The highest BCUT2D eigenvalue weighted by molar-refractivity contribution is 5.49. The van der Waals surface area contributed by atoms with Crippen molar-refractivity contribution < 1.29 is 9.66 Å². The third-order valence-electron chi connectivity index (χ3n) is 1.84. The first kappa shape index (κ1) is 10.2. The summed E-state index contributed by atoms with van der Waals surface area (Å²) in [7, 11) is 0. The summed E-state index contributed by atoms with van der Waals surface area (Å²) in [6, 6.07) is 4.89. The molecule has 0 fully saturated rings. The molecule has 0 bridgehead atoms. The van der Waals surface area contributed by atoms with Gasteiger partial charge in [-0.25, -0.2) is 0 Å². The maximum Gasteiger partial charge on any atom is 0.311 e. The molecule has 0 aliphatic carbocycles. The van der Waals surface area contributed by atoms with Crippen molar-refractivity contribution in [2.75, 3.05) is 0 Å². The highest BCUT2D eigenvalue weighted by atomic mass is 16.6. The summed E-state index contributed by atoms with van der Waals surface area (Å²) in [5.41, 5.74) is 0.886. The molecule has 1 aromatic rings. The molecule has 0 N–H and O–H groups in total. The number of rotatable bonds is 4. The van der Waals surface area contributed by atoms with Gasteiger partial charge in [-0.05, 0) is 18.1 Å². The van der Waals surface area contributed by atoms with E-state index in [4.69, 9.17) is 4.74 Å². The number of nitro benzene ring substituents is 1. The Labute approximate surface area is 82.0 Å². The standard InChI is InChI=1S/C10H11NO3/c1-3-8-5-6-10(14-4-2)9(7-8)11(12)13/h4-7H,2-3H2,1H3. The van der Waals surface area contributed by atoms with Crippen molar-refractivity contribution in [1.29, 1.82) is 0 Å². The van der Waals surface area contributed by atoms with E-state index in [-0.39, 0.29) is 11.4 Å². The van der Waals surface area contributed by atoms with Crippen LogP contribution in [0.5, 0.6) is 5.75 Å². The maximum absolute atomic E-state index is 10.7. The van der Waals surface area contributed by atoms with Crippen LogP contribution in [0.15, 0.2) is 31.0 Å². The van der Waals surface area contributed by atoms with Gasteiger partial charge in [0.1, 0.15) is 0 Å². The summed E-state index contributed by atoms with van der Waals surface area (Å²) in [5, 5.41) is 10.7. The molecule has 0 amide bonds. The highest BCUT2D eigenvalue weighted by Gasteiger charge is 2.14. The fourth-order valence-corrected chi connectivity index (χ4v) is 1.11. The second kappa shape index (κ2) is 4.41. The fraction of sp³-hybridized carbons (Fsp3) is 0.200. The van der Waals surface area contributed by atoms with E-state index >= 15 is 0 Å². The van der Waals surface area contributed by atoms with E-state index < -0.39 is 4.92 Å². The van der Waals surface area contributed by atoms with Gasteiger partial charge in [-0.2, -0.15) is 0 Å². The Hall–Kier alpha value is -1.84. The predicted molar refractivity (Wildman–Crippen MR) is 53.3 cm³/mol. The molecule has 4 nitrogen and oxygen atoms in total. The first-order chi connectivity index (χ1) is 6.69. The lowest BCUT2D eigenvalue weighted by molar-refractivity contribution is -0.385. The lowest BCUT2D eigenvalue weighted by Crippen LogP contribution is -1.94. The van der Waals surface area contributed by atoms with Crippen LogP contribution >= 0.6 is 0 Å². The largest absolute Gasteiger partial charge is 0.458 e. The van der Waals surface area contributed by atoms with Crippen LogP contribution in [0.1, 0.15) is 12.5 Å². The number of nitrogens with zero attached hydrogens (tertiary/aromatic N) is 1. The van der Waals surface area contributed by atoms with Crippen LogP contribution in [0.2, 0.25) is 0 Å². The molecular weight excluding hydrogens is 182 g/mol. The van der Waals surface area contributed by atoms with E-state index in [1.165, 1.54) is 12.3 Å². The summed E-state index contributed by atoms with van der Waals surface area (Å²) >= 11 is 0. The molecule has 4 heteroatoms. The number of aryl methyl sites for hydroxylation is 1.